The zero-order valence-electron chi connectivity index (χ0n) is 8.83. The summed E-state index contributed by atoms with van der Waals surface area (Å²) in [5, 5.41) is 4.01. The normalized spacial score (nSPS) is 10.6. The lowest BCUT2D eigenvalue weighted by Gasteiger charge is -1.98. The summed E-state index contributed by atoms with van der Waals surface area (Å²) in [6.45, 7) is 0. The van der Waals surface area contributed by atoms with Crippen LogP contribution in [0.3, 0.4) is 0 Å². The van der Waals surface area contributed by atoms with Gasteiger partial charge < -0.3 is 10.2 Å². The first-order valence-electron chi connectivity index (χ1n) is 4.83. The number of nitrogens with zero attached hydrogens (tertiary/aromatic N) is 2. The van der Waals surface area contributed by atoms with Crippen LogP contribution in [0.25, 0.3) is 11.3 Å². The monoisotopic (exact) mass is 246 g/mol. The van der Waals surface area contributed by atoms with Crippen LogP contribution in [-0.2, 0) is 0 Å². The van der Waals surface area contributed by atoms with Crippen LogP contribution in [0.2, 0.25) is 0 Å². The zero-order valence-corrected chi connectivity index (χ0v) is 9.65. The summed E-state index contributed by atoms with van der Waals surface area (Å²) in [5.74, 6) is 0.711. The van der Waals surface area contributed by atoms with Gasteiger partial charge in [-0.05, 0) is 23.8 Å². The number of oxazole rings is 1. The van der Waals surface area contributed by atoms with Gasteiger partial charge >= 0.3 is 0 Å². The molecular formula is C11H10N4OS. The third-order valence-electron chi connectivity index (χ3n) is 1.99. The van der Waals surface area contributed by atoms with Crippen LogP contribution in [0.15, 0.2) is 46.4 Å². The molecule has 0 fully saturated rings. The summed E-state index contributed by atoms with van der Waals surface area (Å²) in [6.07, 6.45) is 4.67. The molecule has 5 nitrogen and oxygen atoms in total. The van der Waals surface area contributed by atoms with Gasteiger partial charge in [0.15, 0.2) is 17.3 Å². The van der Waals surface area contributed by atoms with Crippen molar-refractivity contribution < 1.29 is 4.42 Å². The number of nitrogens with two attached hydrogens (primary N) is 1. The maximum absolute atomic E-state index is 5.25. The Morgan fingerprint density at radius 2 is 2.41 bits per heavy atom. The largest absolute Gasteiger partial charge is 0.444 e. The summed E-state index contributed by atoms with van der Waals surface area (Å²) in [6, 6.07) is 7.66. The number of hydrogen-bond acceptors (Lipinski definition) is 4. The molecule has 0 aliphatic heterocycles. The quantitative estimate of drug-likeness (QED) is 0.487. The average molecular weight is 246 g/mol. The summed E-state index contributed by atoms with van der Waals surface area (Å²) in [5.41, 5.74) is 9.58. The molecule has 1 aromatic carbocycles. The third-order valence-corrected chi connectivity index (χ3v) is 2.08. The number of hydrogen-bond donors (Lipinski definition) is 2. The molecule has 0 bridgehead atoms. The molecule has 2 rings (SSSR count). The SMILES string of the molecule is NC(=S)NN=Cc1cccc(-c2cnco2)c1. The Kier molecular flexibility index (Phi) is 3.46. The Morgan fingerprint density at radius 1 is 1.53 bits per heavy atom. The second kappa shape index (κ2) is 5.22. The summed E-state index contributed by atoms with van der Waals surface area (Å²) >= 11 is 4.63. The third kappa shape index (κ3) is 3.12. The van der Waals surface area contributed by atoms with Gasteiger partial charge in [0.05, 0.1) is 12.4 Å². The highest BCUT2D eigenvalue weighted by molar-refractivity contribution is 7.80. The number of rotatable bonds is 3. The van der Waals surface area contributed by atoms with E-state index in [-0.39, 0.29) is 5.11 Å². The van der Waals surface area contributed by atoms with Crippen molar-refractivity contribution in [2.24, 2.45) is 10.8 Å². The van der Waals surface area contributed by atoms with Crippen LogP contribution in [0, 0.1) is 0 Å². The molecule has 1 aromatic heterocycles. The Balaban J connectivity index is 2.17. The van der Waals surface area contributed by atoms with E-state index >= 15 is 0 Å². The Labute approximate surface area is 103 Å². The van der Waals surface area contributed by atoms with Crippen LogP contribution in [-0.4, -0.2) is 16.3 Å². The lowest BCUT2D eigenvalue weighted by atomic mass is 10.1. The van der Waals surface area contributed by atoms with Gasteiger partial charge in [-0.1, -0.05) is 18.2 Å². The van der Waals surface area contributed by atoms with Crippen molar-refractivity contribution in [3.05, 3.63) is 42.4 Å². The van der Waals surface area contributed by atoms with Gasteiger partial charge in [0.25, 0.3) is 0 Å². The molecule has 6 heteroatoms. The van der Waals surface area contributed by atoms with Gasteiger partial charge in [-0.2, -0.15) is 5.10 Å². The fourth-order valence-electron chi connectivity index (χ4n) is 1.30. The molecule has 3 N–H and O–H groups in total. The van der Waals surface area contributed by atoms with Crippen molar-refractivity contribution in [1.82, 2.24) is 10.4 Å². The summed E-state index contributed by atoms with van der Waals surface area (Å²) in [4.78, 5) is 3.87. The number of hydrazone groups is 1. The second-order valence-corrected chi connectivity index (χ2v) is 3.67. The molecule has 0 aliphatic rings. The van der Waals surface area contributed by atoms with Crippen molar-refractivity contribution >= 4 is 23.5 Å². The van der Waals surface area contributed by atoms with Crippen LogP contribution >= 0.6 is 12.2 Å². The van der Waals surface area contributed by atoms with E-state index in [1.165, 1.54) is 6.39 Å². The molecule has 17 heavy (non-hydrogen) atoms. The molecule has 0 radical (unpaired) electrons. The molecule has 1 heterocycles. The van der Waals surface area contributed by atoms with Crippen molar-refractivity contribution in [2.45, 2.75) is 0 Å². The number of thiocarbonyl (C=S) groups is 1. The highest BCUT2D eigenvalue weighted by Gasteiger charge is 2.00. The predicted molar refractivity (Wildman–Crippen MR) is 69.5 cm³/mol. The predicted octanol–water partition coefficient (Wildman–Crippen LogP) is 1.51. The molecule has 0 saturated carbocycles. The van der Waals surface area contributed by atoms with Crippen LogP contribution in [0.5, 0.6) is 0 Å². The lowest BCUT2D eigenvalue weighted by molar-refractivity contribution is 0.572. The molecule has 0 amide bonds. The number of aromatic nitrogens is 1. The first kappa shape index (κ1) is 11.3. The minimum Gasteiger partial charge on any atom is -0.444 e. The van der Waals surface area contributed by atoms with Gasteiger partial charge in [-0.3, -0.25) is 5.43 Å². The minimum absolute atomic E-state index is 0.132. The highest BCUT2D eigenvalue weighted by atomic mass is 32.1. The molecule has 0 atom stereocenters. The molecular weight excluding hydrogens is 236 g/mol. The van der Waals surface area contributed by atoms with E-state index in [4.69, 9.17) is 10.2 Å². The average Bonchev–Trinajstić information content (AvgIpc) is 2.82. The van der Waals surface area contributed by atoms with E-state index in [0.29, 0.717) is 5.76 Å². The summed E-state index contributed by atoms with van der Waals surface area (Å²) < 4.78 is 5.21. The Bertz CT molecular complexity index is 536. The van der Waals surface area contributed by atoms with E-state index < -0.39 is 0 Å². The minimum atomic E-state index is 0.132. The molecule has 86 valence electrons. The van der Waals surface area contributed by atoms with Gasteiger partial charge in [0, 0.05) is 5.56 Å². The lowest BCUT2D eigenvalue weighted by Crippen LogP contribution is -2.23. The van der Waals surface area contributed by atoms with Crippen LogP contribution in [0.1, 0.15) is 5.56 Å². The molecule has 0 spiro atoms. The van der Waals surface area contributed by atoms with Gasteiger partial charge in [-0.15, -0.1) is 0 Å². The first-order valence-corrected chi connectivity index (χ1v) is 5.24. The smallest absolute Gasteiger partial charge is 0.184 e. The molecule has 0 saturated heterocycles. The zero-order chi connectivity index (χ0) is 12.1. The standard InChI is InChI=1S/C11H10N4OS/c12-11(17)15-14-5-8-2-1-3-9(4-8)10-6-13-7-16-10/h1-7H,(H3,12,15,17). The maximum Gasteiger partial charge on any atom is 0.184 e. The fraction of sp³-hybridized carbons (Fsp3) is 0. The van der Waals surface area contributed by atoms with E-state index in [9.17, 15) is 0 Å². The Hall–Kier alpha value is -2.21. The molecule has 0 unspecified atom stereocenters. The fourth-order valence-corrected chi connectivity index (χ4v) is 1.35. The first-order chi connectivity index (χ1) is 8.25. The van der Waals surface area contributed by atoms with Gasteiger partial charge in [0.2, 0.25) is 0 Å². The molecule has 2 aromatic rings. The van der Waals surface area contributed by atoms with E-state index in [1.807, 2.05) is 24.3 Å². The van der Waals surface area contributed by atoms with Gasteiger partial charge in [-0.25, -0.2) is 4.98 Å². The van der Waals surface area contributed by atoms with E-state index in [2.05, 4.69) is 27.7 Å². The van der Waals surface area contributed by atoms with E-state index in [1.54, 1.807) is 12.4 Å². The maximum atomic E-state index is 5.25. The molecule has 0 aliphatic carbocycles. The van der Waals surface area contributed by atoms with Gasteiger partial charge in [0.1, 0.15) is 0 Å². The van der Waals surface area contributed by atoms with Crippen LogP contribution < -0.4 is 11.2 Å². The highest BCUT2D eigenvalue weighted by Crippen LogP contribution is 2.18. The number of benzene rings is 1. The second-order valence-electron chi connectivity index (χ2n) is 3.23. The van der Waals surface area contributed by atoms with E-state index in [0.717, 1.165) is 11.1 Å². The number of nitrogens with one attached hydrogen (secondary N) is 1. The van der Waals surface area contributed by atoms with Crippen LogP contribution in [0.4, 0.5) is 0 Å². The van der Waals surface area contributed by atoms with Crippen molar-refractivity contribution in [2.75, 3.05) is 0 Å². The van der Waals surface area contributed by atoms with Crippen molar-refractivity contribution in [3.63, 3.8) is 0 Å². The van der Waals surface area contributed by atoms with Crippen molar-refractivity contribution in [1.29, 1.82) is 0 Å². The Morgan fingerprint density at radius 3 is 3.12 bits per heavy atom. The topological polar surface area (TPSA) is 76.4 Å². The van der Waals surface area contributed by atoms with Crippen molar-refractivity contribution in [3.8, 4) is 11.3 Å². The summed E-state index contributed by atoms with van der Waals surface area (Å²) in [7, 11) is 0.